The number of aromatic amines is 1. The van der Waals surface area contributed by atoms with Crippen LogP contribution >= 0.6 is 0 Å². The lowest BCUT2D eigenvalue weighted by molar-refractivity contribution is -0.164. The molecule has 0 bridgehead atoms. The molecule has 0 aliphatic carbocycles. The van der Waals surface area contributed by atoms with E-state index in [1.807, 2.05) is 0 Å². The number of rotatable bonds is 7. The van der Waals surface area contributed by atoms with Crippen LogP contribution < -0.4 is 16.2 Å². The lowest BCUT2D eigenvalue weighted by Gasteiger charge is -2.27. The number of fused-ring (bicyclic) bond motifs is 1. The van der Waals surface area contributed by atoms with Gasteiger partial charge < -0.3 is 19.8 Å². The Morgan fingerprint density at radius 1 is 1.28 bits per heavy atom. The van der Waals surface area contributed by atoms with Crippen molar-refractivity contribution in [3.63, 3.8) is 0 Å². The zero-order valence-corrected chi connectivity index (χ0v) is 21.6. The number of pyridine rings is 1. The van der Waals surface area contributed by atoms with Gasteiger partial charge in [-0.25, -0.2) is 0 Å². The molecule has 1 fully saturated rings. The summed E-state index contributed by atoms with van der Waals surface area (Å²) in [5.74, 6) is -0.970. The van der Waals surface area contributed by atoms with Crippen LogP contribution in [0.3, 0.4) is 0 Å². The Morgan fingerprint density at radius 3 is 2.64 bits per heavy atom. The van der Waals surface area contributed by atoms with E-state index in [9.17, 15) is 28.0 Å². The smallest absolute Gasteiger partial charge is 0.407 e. The predicted octanol–water partition coefficient (Wildman–Crippen LogP) is 4.10. The summed E-state index contributed by atoms with van der Waals surface area (Å²) in [6, 6.07) is 6.83. The molecular weight excluding hydrogens is 517 g/mol. The van der Waals surface area contributed by atoms with E-state index in [4.69, 9.17) is 9.47 Å². The van der Waals surface area contributed by atoms with Crippen molar-refractivity contribution in [2.75, 3.05) is 25.1 Å². The van der Waals surface area contributed by atoms with Gasteiger partial charge in [0.25, 0.3) is 5.56 Å². The number of esters is 1. The van der Waals surface area contributed by atoms with Crippen LogP contribution in [0.15, 0.2) is 41.3 Å². The molecule has 4 rings (SSSR count). The Morgan fingerprint density at radius 2 is 2.00 bits per heavy atom. The van der Waals surface area contributed by atoms with Gasteiger partial charge in [-0.05, 0) is 51.0 Å². The highest BCUT2D eigenvalue weighted by Crippen LogP contribution is 2.35. The molecule has 3 aromatic rings. The molecule has 1 aliphatic heterocycles. The van der Waals surface area contributed by atoms with Crippen molar-refractivity contribution >= 4 is 28.4 Å². The fourth-order valence-corrected chi connectivity index (χ4v) is 4.44. The highest BCUT2D eigenvalue weighted by molar-refractivity contribution is 5.91. The van der Waals surface area contributed by atoms with E-state index >= 15 is 0 Å². The highest BCUT2D eigenvalue weighted by Gasteiger charge is 2.41. The number of nitriles is 1. The van der Waals surface area contributed by atoms with E-state index in [1.54, 1.807) is 31.5 Å². The molecule has 0 spiro atoms. The molecular formula is C26H29F3N6O4. The predicted molar refractivity (Wildman–Crippen MR) is 136 cm³/mol. The van der Waals surface area contributed by atoms with Crippen molar-refractivity contribution in [1.82, 2.24) is 20.1 Å². The molecule has 1 aliphatic rings. The number of H-pyrrole nitrogens is 1. The third kappa shape index (κ3) is 6.58. The van der Waals surface area contributed by atoms with Crippen LogP contribution in [-0.4, -0.2) is 52.3 Å². The van der Waals surface area contributed by atoms with Crippen LogP contribution in [0.4, 0.5) is 24.7 Å². The first-order valence-electron chi connectivity index (χ1n) is 12.3. The van der Waals surface area contributed by atoms with Crippen LogP contribution in [-0.2, 0) is 14.3 Å². The van der Waals surface area contributed by atoms with Crippen LogP contribution in [0.1, 0.15) is 44.8 Å². The van der Waals surface area contributed by atoms with Crippen molar-refractivity contribution in [2.45, 2.75) is 51.1 Å². The number of halogens is 3. The number of carbonyl (C=O) groups excluding carboxylic acids is 1. The molecule has 2 aromatic heterocycles. The molecule has 1 saturated heterocycles. The summed E-state index contributed by atoms with van der Waals surface area (Å²) in [6.45, 7) is 4.97. The number of anilines is 2. The van der Waals surface area contributed by atoms with Gasteiger partial charge in [-0.2, -0.15) is 23.5 Å². The van der Waals surface area contributed by atoms with Crippen molar-refractivity contribution in [3.05, 3.63) is 52.4 Å². The van der Waals surface area contributed by atoms with Gasteiger partial charge in [0.2, 0.25) is 0 Å². The lowest BCUT2D eigenvalue weighted by atomic mass is 9.96. The Hall–Kier alpha value is -3.89. The number of ether oxygens (including phenoxy) is 2. The van der Waals surface area contributed by atoms with Crippen LogP contribution in [0.5, 0.6) is 0 Å². The number of aromatic nitrogens is 3. The maximum absolute atomic E-state index is 13.8. The van der Waals surface area contributed by atoms with Crippen LogP contribution in [0, 0.1) is 17.2 Å². The summed E-state index contributed by atoms with van der Waals surface area (Å²) in [4.78, 5) is 27.2. The zero-order valence-electron chi connectivity index (χ0n) is 21.6. The van der Waals surface area contributed by atoms with Gasteiger partial charge in [-0.1, -0.05) is 12.1 Å². The van der Waals surface area contributed by atoms with Gasteiger partial charge in [0, 0.05) is 18.5 Å². The number of nitrogens with one attached hydrogen (secondary N) is 3. The minimum atomic E-state index is -4.67. The fraction of sp³-hybridized carbons (Fsp3) is 0.462. The maximum atomic E-state index is 13.8. The van der Waals surface area contributed by atoms with E-state index < -0.39 is 41.9 Å². The largest absolute Gasteiger partial charge is 0.459 e. The van der Waals surface area contributed by atoms with Crippen molar-refractivity contribution in [1.29, 1.82) is 5.26 Å². The molecule has 0 saturated carbocycles. The van der Waals surface area contributed by atoms with Gasteiger partial charge in [-0.15, -0.1) is 0 Å². The summed E-state index contributed by atoms with van der Waals surface area (Å²) in [7, 11) is 0. The molecule has 13 heteroatoms. The average molecular weight is 547 g/mol. The average Bonchev–Trinajstić information content (AvgIpc) is 3.22. The molecule has 0 radical (unpaired) electrons. The summed E-state index contributed by atoms with van der Waals surface area (Å²) in [6.07, 6.45) is -2.66. The fourth-order valence-electron chi connectivity index (χ4n) is 4.44. The second-order valence-electron chi connectivity index (χ2n) is 10.2. The quantitative estimate of drug-likeness (QED) is 0.377. The molecule has 39 heavy (non-hydrogen) atoms. The van der Waals surface area contributed by atoms with E-state index in [1.165, 1.54) is 30.5 Å². The minimum Gasteiger partial charge on any atom is -0.459 e. The number of hydrogen-bond acceptors (Lipinski definition) is 8. The molecule has 0 unspecified atom stereocenters. The van der Waals surface area contributed by atoms with Gasteiger partial charge in [0.1, 0.15) is 17.0 Å². The van der Waals surface area contributed by atoms with Gasteiger partial charge in [0.05, 0.1) is 36.7 Å². The van der Waals surface area contributed by atoms with Gasteiger partial charge in [0.15, 0.2) is 5.82 Å². The Labute approximate surface area is 222 Å². The first kappa shape index (κ1) is 28.1. The topological polar surface area (TPSA) is 134 Å². The van der Waals surface area contributed by atoms with E-state index in [2.05, 4.69) is 26.8 Å². The molecule has 3 N–H and O–H groups in total. The van der Waals surface area contributed by atoms with E-state index in [-0.39, 0.29) is 29.3 Å². The Balaban J connectivity index is 1.58. The molecule has 10 nitrogen and oxygen atoms in total. The third-order valence-corrected chi connectivity index (χ3v) is 6.14. The van der Waals surface area contributed by atoms with Crippen molar-refractivity contribution in [3.8, 4) is 6.07 Å². The highest BCUT2D eigenvalue weighted by atomic mass is 19.4. The lowest BCUT2D eigenvalue weighted by Crippen LogP contribution is -2.39. The maximum Gasteiger partial charge on any atom is 0.407 e. The van der Waals surface area contributed by atoms with Crippen molar-refractivity contribution < 1.29 is 27.4 Å². The summed E-state index contributed by atoms with van der Waals surface area (Å²) in [5.41, 5.74) is -0.457. The molecule has 3 heterocycles. The van der Waals surface area contributed by atoms with E-state index in [0.29, 0.717) is 24.2 Å². The molecule has 1 aromatic carbocycles. The van der Waals surface area contributed by atoms with Crippen LogP contribution in [0.2, 0.25) is 0 Å². The molecule has 3 atom stereocenters. The Bertz CT molecular complexity index is 1420. The van der Waals surface area contributed by atoms with Gasteiger partial charge >= 0.3 is 12.1 Å². The minimum absolute atomic E-state index is 0.110. The zero-order chi connectivity index (χ0) is 28.4. The molecule has 0 amide bonds. The summed E-state index contributed by atoms with van der Waals surface area (Å²) >= 11 is 0. The van der Waals surface area contributed by atoms with Gasteiger partial charge in [-0.3, -0.25) is 19.6 Å². The number of alkyl halides is 3. The molecule has 208 valence electrons. The first-order chi connectivity index (χ1) is 18.4. The normalized spacial score (nSPS) is 18.9. The summed E-state index contributed by atoms with van der Waals surface area (Å²) < 4.78 is 53.6. The van der Waals surface area contributed by atoms with Crippen LogP contribution in [0.25, 0.3) is 10.9 Å². The number of carbonyl (C=O) groups is 1. The second-order valence-corrected chi connectivity index (χ2v) is 10.2. The number of nitrogens with zero attached hydrogens (tertiary/aromatic N) is 3. The SMILES string of the molecule is CC(C)(C)OC(=O)CN[C@H](c1ccc(Nc2nn([C@H]3COCC[C@@H]3C#N)c3cc[nH]c(=O)c23)cc1)C(F)(F)F. The van der Waals surface area contributed by atoms with Crippen molar-refractivity contribution in [2.24, 2.45) is 5.92 Å². The standard InChI is InChI=1S/C26H29F3N6O4/c1-25(2,3)39-20(36)13-32-22(26(27,28)29)15-4-6-17(7-5-15)33-23-21-18(8-10-31-24(21)37)35(34-23)19-14-38-11-9-16(19)12-30/h4-8,10,16,19,22,32H,9,11,13-14H2,1-3H3,(H,31,37)(H,33,34)/t16-,19+,22-/m1/s1. The first-order valence-corrected chi connectivity index (χ1v) is 12.3. The second kappa shape index (κ2) is 11.1. The monoisotopic (exact) mass is 546 g/mol. The van der Waals surface area contributed by atoms with E-state index in [0.717, 1.165) is 0 Å². The number of hydrogen-bond donors (Lipinski definition) is 3. The Kier molecular flexibility index (Phi) is 7.99. The third-order valence-electron chi connectivity index (χ3n) is 6.14. The number of benzene rings is 1. The summed E-state index contributed by atoms with van der Waals surface area (Å²) in [5, 5.41) is 19.6.